The van der Waals surface area contributed by atoms with Gasteiger partial charge in [0.15, 0.2) is 0 Å². The minimum atomic E-state index is -3.59. The van der Waals surface area contributed by atoms with E-state index in [0.717, 1.165) is 28.4 Å². The second-order valence-corrected chi connectivity index (χ2v) is 8.12. The van der Waals surface area contributed by atoms with E-state index in [9.17, 15) is 13.2 Å². The van der Waals surface area contributed by atoms with Gasteiger partial charge < -0.3 is 0 Å². The number of benzene rings is 2. The van der Waals surface area contributed by atoms with E-state index >= 15 is 0 Å². The van der Waals surface area contributed by atoms with Crippen LogP contribution in [0.2, 0.25) is 0 Å². The predicted molar refractivity (Wildman–Crippen MR) is 96.1 cm³/mol. The minimum Gasteiger partial charge on any atom is -0.267 e. The molecule has 25 heavy (non-hydrogen) atoms. The predicted octanol–water partition coefficient (Wildman–Crippen LogP) is 2.02. The van der Waals surface area contributed by atoms with Crippen LogP contribution in [0.1, 0.15) is 27.9 Å². The lowest BCUT2D eigenvalue weighted by Crippen LogP contribution is -2.23. The molecule has 0 atom stereocenters. The van der Waals surface area contributed by atoms with Crippen molar-refractivity contribution in [2.45, 2.75) is 17.7 Å². The Kier molecular flexibility index (Phi) is 4.69. The van der Waals surface area contributed by atoms with Crippen LogP contribution in [-0.2, 0) is 16.4 Å². The van der Waals surface area contributed by atoms with Crippen LogP contribution in [0.5, 0.6) is 0 Å². The van der Waals surface area contributed by atoms with E-state index in [1.807, 2.05) is 18.2 Å². The van der Waals surface area contributed by atoms with E-state index in [1.165, 1.54) is 31.8 Å². The molecule has 0 spiro atoms. The van der Waals surface area contributed by atoms with Crippen LogP contribution in [0, 0.1) is 0 Å². The van der Waals surface area contributed by atoms with Gasteiger partial charge in [0.1, 0.15) is 0 Å². The van der Waals surface area contributed by atoms with Crippen LogP contribution in [0.25, 0.3) is 0 Å². The second-order valence-electron chi connectivity index (χ2n) is 5.97. The number of rotatable bonds is 4. The molecule has 2 aromatic carbocycles. The van der Waals surface area contributed by atoms with Crippen molar-refractivity contribution < 1.29 is 13.2 Å². The van der Waals surface area contributed by atoms with Crippen molar-refractivity contribution in [2.75, 3.05) is 14.1 Å². The molecule has 2 aromatic rings. The molecule has 6 nitrogen and oxygen atoms in total. The van der Waals surface area contributed by atoms with Gasteiger partial charge in [0.2, 0.25) is 10.0 Å². The maximum Gasteiger partial charge on any atom is 0.271 e. The lowest BCUT2D eigenvalue weighted by atomic mass is 10.1. The highest BCUT2D eigenvalue weighted by molar-refractivity contribution is 7.89. The van der Waals surface area contributed by atoms with Gasteiger partial charge in [0, 0.05) is 25.2 Å². The summed E-state index contributed by atoms with van der Waals surface area (Å²) in [6.45, 7) is 0. The number of hydrazone groups is 1. The van der Waals surface area contributed by atoms with Gasteiger partial charge in [-0.2, -0.15) is 5.10 Å². The number of fused-ring (bicyclic) bond motifs is 1. The van der Waals surface area contributed by atoms with Crippen LogP contribution in [-0.4, -0.2) is 38.4 Å². The molecule has 1 amide bonds. The summed E-state index contributed by atoms with van der Waals surface area (Å²) < 4.78 is 25.5. The Morgan fingerprint density at radius 3 is 2.60 bits per heavy atom. The third-order valence-corrected chi connectivity index (χ3v) is 5.94. The summed E-state index contributed by atoms with van der Waals surface area (Å²) in [5.41, 5.74) is 5.88. The fourth-order valence-electron chi connectivity index (χ4n) is 2.72. The number of hydrogen-bond acceptors (Lipinski definition) is 4. The molecule has 7 heteroatoms. The van der Waals surface area contributed by atoms with Crippen LogP contribution >= 0.6 is 0 Å². The first kappa shape index (κ1) is 17.3. The Balaban J connectivity index is 1.80. The van der Waals surface area contributed by atoms with Gasteiger partial charge in [0.05, 0.1) is 10.6 Å². The SMILES string of the molecule is CN(C)S(=O)(=O)c1cccc(C(=O)N/N=C2/CCc3ccccc32)c1. The Labute approximate surface area is 147 Å². The molecule has 0 unspecified atom stereocenters. The summed E-state index contributed by atoms with van der Waals surface area (Å²) in [6.07, 6.45) is 1.68. The number of carbonyl (C=O) groups is 1. The number of aryl methyl sites for hydroxylation is 1. The van der Waals surface area contributed by atoms with E-state index < -0.39 is 15.9 Å². The van der Waals surface area contributed by atoms with Crippen LogP contribution in [0.15, 0.2) is 58.5 Å². The van der Waals surface area contributed by atoms with Crippen molar-refractivity contribution in [2.24, 2.45) is 5.10 Å². The quantitative estimate of drug-likeness (QED) is 0.850. The average molecular weight is 357 g/mol. The smallest absolute Gasteiger partial charge is 0.267 e. The maximum absolute atomic E-state index is 12.3. The summed E-state index contributed by atoms with van der Waals surface area (Å²) in [5.74, 6) is -0.437. The first-order valence-corrected chi connectivity index (χ1v) is 9.31. The fraction of sp³-hybridized carbons (Fsp3) is 0.222. The van der Waals surface area contributed by atoms with Crippen molar-refractivity contribution in [3.8, 4) is 0 Å². The number of hydrogen-bond donors (Lipinski definition) is 1. The largest absolute Gasteiger partial charge is 0.271 e. The monoisotopic (exact) mass is 357 g/mol. The molecule has 0 bridgehead atoms. The summed E-state index contributed by atoms with van der Waals surface area (Å²) in [5, 5.41) is 4.23. The van der Waals surface area contributed by atoms with Gasteiger partial charge in [-0.25, -0.2) is 18.1 Å². The van der Waals surface area contributed by atoms with Gasteiger partial charge >= 0.3 is 0 Å². The fourth-order valence-corrected chi connectivity index (χ4v) is 3.66. The molecule has 0 aliphatic heterocycles. The zero-order valence-corrected chi connectivity index (χ0v) is 14.9. The summed E-state index contributed by atoms with van der Waals surface area (Å²) in [6, 6.07) is 13.9. The Hall–Kier alpha value is -2.51. The molecule has 0 heterocycles. The summed E-state index contributed by atoms with van der Waals surface area (Å²) in [7, 11) is -0.686. The highest BCUT2D eigenvalue weighted by Crippen LogP contribution is 2.21. The van der Waals surface area contributed by atoms with Crippen LogP contribution in [0.3, 0.4) is 0 Å². The van der Waals surface area contributed by atoms with Gasteiger partial charge in [-0.1, -0.05) is 30.3 Å². The van der Waals surface area contributed by atoms with Crippen LogP contribution < -0.4 is 5.43 Å². The zero-order chi connectivity index (χ0) is 18.0. The molecule has 0 fully saturated rings. The van der Waals surface area contributed by atoms with Crippen molar-refractivity contribution in [1.82, 2.24) is 9.73 Å². The molecule has 0 radical (unpaired) electrons. The van der Waals surface area contributed by atoms with E-state index in [0.29, 0.717) is 0 Å². The summed E-state index contributed by atoms with van der Waals surface area (Å²) in [4.78, 5) is 12.4. The average Bonchev–Trinajstić information content (AvgIpc) is 3.03. The highest BCUT2D eigenvalue weighted by atomic mass is 32.2. The normalized spacial score (nSPS) is 15.4. The number of nitrogens with zero attached hydrogens (tertiary/aromatic N) is 2. The van der Waals surface area contributed by atoms with Gasteiger partial charge in [-0.05, 0) is 36.6 Å². The first-order valence-electron chi connectivity index (χ1n) is 7.87. The Bertz CT molecular complexity index is 950. The van der Waals surface area contributed by atoms with Crippen molar-refractivity contribution in [3.63, 3.8) is 0 Å². The van der Waals surface area contributed by atoms with Crippen molar-refractivity contribution >= 4 is 21.6 Å². The highest BCUT2D eigenvalue weighted by Gasteiger charge is 2.20. The molecule has 1 N–H and O–H groups in total. The number of amides is 1. The molecule has 1 aliphatic rings. The first-order chi connectivity index (χ1) is 11.9. The molecule has 0 saturated heterocycles. The van der Waals surface area contributed by atoms with Crippen molar-refractivity contribution in [1.29, 1.82) is 0 Å². The molecule has 3 rings (SSSR count). The molecule has 1 aliphatic carbocycles. The van der Waals surface area contributed by atoms with Gasteiger partial charge in [-0.3, -0.25) is 4.79 Å². The van der Waals surface area contributed by atoms with E-state index in [-0.39, 0.29) is 10.5 Å². The summed E-state index contributed by atoms with van der Waals surface area (Å²) >= 11 is 0. The third-order valence-electron chi connectivity index (χ3n) is 4.13. The third kappa shape index (κ3) is 3.47. The maximum atomic E-state index is 12.3. The van der Waals surface area contributed by atoms with E-state index in [1.54, 1.807) is 12.1 Å². The molecule has 130 valence electrons. The minimum absolute atomic E-state index is 0.0732. The second kappa shape index (κ2) is 6.78. The number of sulfonamides is 1. The Morgan fingerprint density at radius 2 is 1.84 bits per heavy atom. The zero-order valence-electron chi connectivity index (χ0n) is 14.1. The molecule has 0 saturated carbocycles. The molecule has 0 aromatic heterocycles. The topological polar surface area (TPSA) is 78.8 Å². The number of carbonyl (C=O) groups excluding carboxylic acids is 1. The van der Waals surface area contributed by atoms with Gasteiger partial charge in [-0.15, -0.1) is 0 Å². The number of nitrogens with one attached hydrogen (secondary N) is 1. The van der Waals surface area contributed by atoms with Crippen molar-refractivity contribution in [3.05, 3.63) is 65.2 Å². The van der Waals surface area contributed by atoms with Crippen LogP contribution in [0.4, 0.5) is 0 Å². The lowest BCUT2D eigenvalue weighted by molar-refractivity contribution is 0.0954. The van der Waals surface area contributed by atoms with E-state index in [2.05, 4.69) is 16.6 Å². The van der Waals surface area contributed by atoms with Gasteiger partial charge in [0.25, 0.3) is 5.91 Å². The molecular weight excluding hydrogens is 338 g/mol. The molecular formula is C18H19N3O3S. The van der Waals surface area contributed by atoms with E-state index in [4.69, 9.17) is 0 Å². The standard InChI is InChI=1S/C18H19N3O3S/c1-21(2)25(23,24)15-8-5-7-14(12-15)18(22)20-19-17-11-10-13-6-3-4-9-16(13)17/h3-9,12H,10-11H2,1-2H3,(H,20,22)/b19-17-. The lowest BCUT2D eigenvalue weighted by Gasteiger charge is -2.12. The Morgan fingerprint density at radius 1 is 1.08 bits per heavy atom.